The van der Waals surface area contributed by atoms with E-state index in [1.807, 2.05) is 37.3 Å². The molecular weight excluding hydrogens is 332 g/mol. The molecule has 6 heteroatoms. The van der Waals surface area contributed by atoms with E-state index in [1.54, 1.807) is 12.1 Å². The van der Waals surface area contributed by atoms with Crippen molar-refractivity contribution < 1.29 is 9.59 Å². The van der Waals surface area contributed by atoms with Gasteiger partial charge in [-0.2, -0.15) is 0 Å². The van der Waals surface area contributed by atoms with Gasteiger partial charge in [0.15, 0.2) is 0 Å². The van der Waals surface area contributed by atoms with Gasteiger partial charge >= 0.3 is 0 Å². The Labute approximate surface area is 143 Å². The molecule has 0 fully saturated rings. The molecule has 1 unspecified atom stereocenters. The molecule has 2 aromatic carbocycles. The smallest absolute Gasteiger partial charge is 0.238 e. The lowest BCUT2D eigenvalue weighted by atomic mass is 10.2. The lowest BCUT2D eigenvalue weighted by Crippen LogP contribution is -2.32. The highest BCUT2D eigenvalue weighted by Gasteiger charge is 2.29. The monoisotopic (exact) mass is 346 g/mol. The van der Waals surface area contributed by atoms with Gasteiger partial charge in [-0.05, 0) is 37.3 Å². The number of halogens is 1. The molecule has 118 valence electrons. The van der Waals surface area contributed by atoms with Gasteiger partial charge in [-0.3, -0.25) is 9.59 Å². The Bertz CT molecular complexity index is 762. The minimum atomic E-state index is -0.450. The first-order valence-corrected chi connectivity index (χ1v) is 8.40. The predicted octanol–water partition coefficient (Wildman–Crippen LogP) is 4.09. The van der Waals surface area contributed by atoms with Crippen LogP contribution in [0.5, 0.6) is 0 Å². The third kappa shape index (κ3) is 3.86. The van der Waals surface area contributed by atoms with Gasteiger partial charge in [0.1, 0.15) is 0 Å². The van der Waals surface area contributed by atoms with Crippen LogP contribution in [0.3, 0.4) is 0 Å². The molecule has 4 nitrogen and oxygen atoms in total. The highest BCUT2D eigenvalue weighted by molar-refractivity contribution is 8.01. The quantitative estimate of drug-likeness (QED) is 0.880. The Balaban J connectivity index is 1.66. The van der Waals surface area contributed by atoms with Gasteiger partial charge in [0.05, 0.1) is 10.9 Å². The van der Waals surface area contributed by atoms with Crippen LogP contribution in [0.4, 0.5) is 11.4 Å². The molecule has 0 aliphatic carbocycles. The number of hydrogen-bond acceptors (Lipinski definition) is 3. The summed E-state index contributed by atoms with van der Waals surface area (Å²) in [6, 6.07) is 12.9. The fourth-order valence-corrected chi connectivity index (χ4v) is 3.54. The minimum Gasteiger partial charge on any atom is -0.326 e. The molecule has 2 N–H and O–H groups in total. The summed E-state index contributed by atoms with van der Waals surface area (Å²) >= 11 is 7.31. The molecule has 1 heterocycles. The standard InChI is InChI=1S/C17H15ClN2O2S/c1-10-2-5-12(6-3-10)19-16(21)9-15-17(22)20-13-8-11(18)4-7-14(13)23-15/h2-8,15H,9H2,1H3,(H,19,21)(H,20,22). The van der Waals surface area contributed by atoms with Crippen molar-refractivity contribution >= 4 is 46.6 Å². The molecule has 1 aliphatic rings. The zero-order valence-electron chi connectivity index (χ0n) is 12.4. The van der Waals surface area contributed by atoms with Crippen molar-refractivity contribution in [2.75, 3.05) is 10.6 Å². The fraction of sp³-hybridized carbons (Fsp3) is 0.176. The summed E-state index contributed by atoms with van der Waals surface area (Å²) in [5.74, 6) is -0.359. The third-order valence-electron chi connectivity index (χ3n) is 3.47. The Morgan fingerprint density at radius 3 is 2.74 bits per heavy atom. The van der Waals surface area contributed by atoms with Crippen molar-refractivity contribution in [3.8, 4) is 0 Å². The fourth-order valence-electron chi connectivity index (χ4n) is 2.27. The summed E-state index contributed by atoms with van der Waals surface area (Å²) in [6.07, 6.45) is 0.118. The molecule has 1 atom stereocenters. The summed E-state index contributed by atoms with van der Waals surface area (Å²) in [6.45, 7) is 1.98. The normalized spacial score (nSPS) is 16.4. The number of aryl methyl sites for hydroxylation is 1. The second-order valence-electron chi connectivity index (χ2n) is 5.35. The summed E-state index contributed by atoms with van der Waals surface area (Å²) in [5.41, 5.74) is 2.55. The number of hydrogen-bond donors (Lipinski definition) is 2. The number of amides is 2. The number of carbonyl (C=O) groups is 2. The second-order valence-corrected chi connectivity index (χ2v) is 7.04. The third-order valence-corrected chi connectivity index (χ3v) is 4.98. The average molecular weight is 347 g/mol. The van der Waals surface area contributed by atoms with E-state index in [4.69, 9.17) is 11.6 Å². The van der Waals surface area contributed by atoms with Crippen molar-refractivity contribution in [2.24, 2.45) is 0 Å². The van der Waals surface area contributed by atoms with E-state index in [2.05, 4.69) is 10.6 Å². The number of rotatable bonds is 3. The second kappa shape index (κ2) is 6.64. The van der Waals surface area contributed by atoms with E-state index < -0.39 is 5.25 Å². The number of carbonyl (C=O) groups excluding carboxylic acids is 2. The SMILES string of the molecule is Cc1ccc(NC(=O)CC2Sc3ccc(Cl)cc3NC2=O)cc1. The zero-order valence-corrected chi connectivity index (χ0v) is 14.0. The largest absolute Gasteiger partial charge is 0.326 e. The van der Waals surface area contributed by atoms with Gasteiger partial charge in [0, 0.05) is 22.0 Å². The molecule has 0 aromatic heterocycles. The number of thioether (sulfide) groups is 1. The van der Waals surface area contributed by atoms with Crippen molar-refractivity contribution in [3.05, 3.63) is 53.1 Å². The number of fused-ring (bicyclic) bond motifs is 1. The molecule has 0 radical (unpaired) electrons. The molecule has 23 heavy (non-hydrogen) atoms. The summed E-state index contributed by atoms with van der Waals surface area (Å²) < 4.78 is 0. The highest BCUT2D eigenvalue weighted by atomic mass is 35.5. The topological polar surface area (TPSA) is 58.2 Å². The summed E-state index contributed by atoms with van der Waals surface area (Å²) in [5, 5.41) is 5.74. The maximum absolute atomic E-state index is 12.2. The number of anilines is 2. The van der Waals surface area contributed by atoms with Crippen LogP contribution >= 0.6 is 23.4 Å². The maximum Gasteiger partial charge on any atom is 0.238 e. The summed E-state index contributed by atoms with van der Waals surface area (Å²) in [4.78, 5) is 25.2. The van der Waals surface area contributed by atoms with Crippen molar-refractivity contribution in [1.82, 2.24) is 0 Å². The van der Waals surface area contributed by atoms with Gasteiger partial charge in [-0.25, -0.2) is 0 Å². The van der Waals surface area contributed by atoms with E-state index in [0.717, 1.165) is 16.1 Å². The van der Waals surface area contributed by atoms with Crippen LogP contribution in [0.15, 0.2) is 47.4 Å². The zero-order chi connectivity index (χ0) is 16.4. The molecule has 0 bridgehead atoms. The van der Waals surface area contributed by atoms with Crippen molar-refractivity contribution in [2.45, 2.75) is 23.5 Å². The van der Waals surface area contributed by atoms with E-state index in [1.165, 1.54) is 11.8 Å². The Kier molecular flexibility index (Phi) is 4.59. The van der Waals surface area contributed by atoms with E-state index in [0.29, 0.717) is 10.7 Å². The molecule has 1 aliphatic heterocycles. The Morgan fingerprint density at radius 1 is 1.26 bits per heavy atom. The first-order chi connectivity index (χ1) is 11.0. The molecule has 0 saturated carbocycles. The van der Waals surface area contributed by atoms with Crippen LogP contribution in [0, 0.1) is 6.92 Å². The van der Waals surface area contributed by atoms with Crippen LogP contribution in [-0.4, -0.2) is 17.1 Å². The van der Waals surface area contributed by atoms with Crippen molar-refractivity contribution in [1.29, 1.82) is 0 Å². The van der Waals surface area contributed by atoms with E-state index in [-0.39, 0.29) is 18.2 Å². The number of nitrogens with one attached hydrogen (secondary N) is 2. The van der Waals surface area contributed by atoms with Gasteiger partial charge in [-0.15, -0.1) is 11.8 Å². The first-order valence-electron chi connectivity index (χ1n) is 7.15. The average Bonchev–Trinajstić information content (AvgIpc) is 2.50. The molecule has 2 amide bonds. The molecular formula is C17H15ClN2O2S. The van der Waals surface area contributed by atoms with Crippen LogP contribution in [0.2, 0.25) is 5.02 Å². The van der Waals surface area contributed by atoms with Gasteiger partial charge < -0.3 is 10.6 Å². The lowest BCUT2D eigenvalue weighted by Gasteiger charge is -2.23. The predicted molar refractivity (Wildman–Crippen MR) is 94.2 cm³/mol. The maximum atomic E-state index is 12.2. The Hall–Kier alpha value is -1.98. The van der Waals surface area contributed by atoms with Crippen LogP contribution in [-0.2, 0) is 9.59 Å². The molecule has 2 aromatic rings. The van der Waals surface area contributed by atoms with Crippen molar-refractivity contribution in [3.63, 3.8) is 0 Å². The van der Waals surface area contributed by atoms with Crippen LogP contribution in [0.25, 0.3) is 0 Å². The van der Waals surface area contributed by atoms with Crippen LogP contribution < -0.4 is 10.6 Å². The highest BCUT2D eigenvalue weighted by Crippen LogP contribution is 2.38. The van der Waals surface area contributed by atoms with Gasteiger partial charge in [0.2, 0.25) is 11.8 Å². The van der Waals surface area contributed by atoms with Crippen LogP contribution in [0.1, 0.15) is 12.0 Å². The van der Waals surface area contributed by atoms with Gasteiger partial charge in [0.25, 0.3) is 0 Å². The lowest BCUT2D eigenvalue weighted by molar-refractivity contribution is -0.120. The number of benzene rings is 2. The Morgan fingerprint density at radius 2 is 2.00 bits per heavy atom. The molecule has 0 spiro atoms. The summed E-state index contributed by atoms with van der Waals surface area (Å²) in [7, 11) is 0. The minimum absolute atomic E-state index is 0.118. The van der Waals surface area contributed by atoms with E-state index >= 15 is 0 Å². The molecule has 0 saturated heterocycles. The van der Waals surface area contributed by atoms with Gasteiger partial charge in [-0.1, -0.05) is 29.3 Å². The first kappa shape index (κ1) is 15.9. The molecule has 3 rings (SSSR count). The van der Waals surface area contributed by atoms with E-state index in [9.17, 15) is 9.59 Å².